The van der Waals surface area contributed by atoms with E-state index in [9.17, 15) is 4.79 Å². The standard InChI is InChI=1S/C15H19N3OS.2ClH/c1-15(2,16)10-17-14(19)12-9-20-13(18-12)8-11-6-4-3-5-7-11;;/h3-7,9H,8,10,16H2,1-2H3,(H,17,19);2*1H. The van der Waals surface area contributed by atoms with Gasteiger partial charge in [0, 0.05) is 23.9 Å². The van der Waals surface area contributed by atoms with Crippen molar-refractivity contribution >= 4 is 42.1 Å². The highest BCUT2D eigenvalue weighted by molar-refractivity contribution is 7.09. The van der Waals surface area contributed by atoms with Gasteiger partial charge in [0.2, 0.25) is 0 Å². The number of thiazole rings is 1. The van der Waals surface area contributed by atoms with E-state index in [-0.39, 0.29) is 30.7 Å². The van der Waals surface area contributed by atoms with Gasteiger partial charge >= 0.3 is 0 Å². The Balaban J connectivity index is 0.00000220. The summed E-state index contributed by atoms with van der Waals surface area (Å²) >= 11 is 1.50. The molecule has 0 saturated carbocycles. The molecule has 0 unspecified atom stereocenters. The molecule has 0 bridgehead atoms. The molecule has 1 heterocycles. The van der Waals surface area contributed by atoms with Gasteiger partial charge in [-0.05, 0) is 19.4 Å². The van der Waals surface area contributed by atoms with Gasteiger partial charge in [-0.2, -0.15) is 0 Å². The minimum Gasteiger partial charge on any atom is -0.349 e. The fraction of sp³-hybridized carbons (Fsp3) is 0.333. The SMILES string of the molecule is CC(C)(N)CNC(=O)c1csc(Cc2ccccc2)n1.Cl.Cl. The number of nitrogens with two attached hydrogens (primary N) is 1. The highest BCUT2D eigenvalue weighted by atomic mass is 35.5. The zero-order valence-electron chi connectivity index (χ0n) is 12.5. The van der Waals surface area contributed by atoms with E-state index >= 15 is 0 Å². The van der Waals surface area contributed by atoms with Crippen molar-refractivity contribution in [2.75, 3.05) is 6.54 Å². The van der Waals surface area contributed by atoms with Crippen molar-refractivity contribution in [2.24, 2.45) is 5.73 Å². The van der Waals surface area contributed by atoms with E-state index in [1.807, 2.05) is 32.0 Å². The number of hydrogen-bond donors (Lipinski definition) is 2. The molecule has 22 heavy (non-hydrogen) atoms. The molecule has 0 saturated heterocycles. The minimum atomic E-state index is -0.418. The number of rotatable bonds is 5. The maximum absolute atomic E-state index is 11.9. The van der Waals surface area contributed by atoms with Crippen LogP contribution in [0.25, 0.3) is 0 Å². The van der Waals surface area contributed by atoms with Crippen molar-refractivity contribution in [1.29, 1.82) is 0 Å². The Labute approximate surface area is 147 Å². The van der Waals surface area contributed by atoms with Crippen molar-refractivity contribution in [1.82, 2.24) is 10.3 Å². The van der Waals surface area contributed by atoms with E-state index in [0.29, 0.717) is 12.2 Å². The largest absolute Gasteiger partial charge is 0.349 e. The summed E-state index contributed by atoms with van der Waals surface area (Å²) in [7, 11) is 0. The number of halogens is 2. The third kappa shape index (κ3) is 6.75. The van der Waals surface area contributed by atoms with E-state index < -0.39 is 5.54 Å². The molecule has 0 aliphatic rings. The lowest BCUT2D eigenvalue weighted by atomic mass is 10.1. The van der Waals surface area contributed by atoms with Gasteiger partial charge in [0.05, 0.1) is 5.01 Å². The Kier molecular flexibility index (Phi) is 8.63. The molecule has 4 nitrogen and oxygen atoms in total. The van der Waals surface area contributed by atoms with E-state index in [1.54, 1.807) is 5.38 Å². The molecule has 2 aromatic rings. The van der Waals surface area contributed by atoms with E-state index in [1.165, 1.54) is 16.9 Å². The first kappa shape index (κ1) is 20.9. The molecule has 0 atom stereocenters. The molecular weight excluding hydrogens is 341 g/mol. The molecule has 1 amide bonds. The quantitative estimate of drug-likeness (QED) is 0.859. The lowest BCUT2D eigenvalue weighted by Crippen LogP contribution is -2.45. The van der Waals surface area contributed by atoms with Crippen LogP contribution in [0.5, 0.6) is 0 Å². The van der Waals surface area contributed by atoms with Gasteiger partial charge in [-0.3, -0.25) is 4.79 Å². The summed E-state index contributed by atoms with van der Waals surface area (Å²) < 4.78 is 0. The lowest BCUT2D eigenvalue weighted by molar-refractivity contribution is 0.0941. The normalized spacial score (nSPS) is 10.3. The first-order valence-electron chi connectivity index (χ1n) is 6.49. The van der Waals surface area contributed by atoms with Crippen molar-refractivity contribution in [3.63, 3.8) is 0 Å². The highest BCUT2D eigenvalue weighted by Crippen LogP contribution is 2.14. The van der Waals surface area contributed by atoms with Crippen LogP contribution in [-0.2, 0) is 6.42 Å². The number of nitrogens with zero attached hydrogens (tertiary/aromatic N) is 1. The molecule has 1 aromatic heterocycles. The fourth-order valence-electron chi connectivity index (χ4n) is 1.67. The lowest BCUT2D eigenvalue weighted by Gasteiger charge is -2.18. The molecule has 3 N–H and O–H groups in total. The van der Waals surface area contributed by atoms with Crippen LogP contribution in [0.4, 0.5) is 0 Å². The molecular formula is C15H21Cl2N3OS. The average Bonchev–Trinajstić information content (AvgIpc) is 2.85. The Morgan fingerprint density at radius 1 is 1.27 bits per heavy atom. The van der Waals surface area contributed by atoms with Crippen LogP contribution in [0.1, 0.15) is 34.9 Å². The summed E-state index contributed by atoms with van der Waals surface area (Å²) in [4.78, 5) is 16.3. The van der Waals surface area contributed by atoms with E-state index in [2.05, 4.69) is 22.4 Å². The number of amides is 1. The Morgan fingerprint density at radius 3 is 2.50 bits per heavy atom. The summed E-state index contributed by atoms with van der Waals surface area (Å²) in [5.41, 5.74) is 7.07. The number of nitrogens with one attached hydrogen (secondary N) is 1. The third-order valence-electron chi connectivity index (χ3n) is 2.69. The van der Waals surface area contributed by atoms with Crippen LogP contribution in [0.3, 0.4) is 0 Å². The van der Waals surface area contributed by atoms with Crippen LogP contribution in [0.2, 0.25) is 0 Å². The monoisotopic (exact) mass is 361 g/mol. The van der Waals surface area contributed by atoms with Crippen molar-refractivity contribution in [3.8, 4) is 0 Å². The maximum Gasteiger partial charge on any atom is 0.270 e. The minimum absolute atomic E-state index is 0. The van der Waals surface area contributed by atoms with Gasteiger partial charge in [-0.25, -0.2) is 4.98 Å². The Bertz CT molecular complexity index is 582. The predicted octanol–water partition coefficient (Wildman–Crippen LogP) is 3.04. The van der Waals surface area contributed by atoms with E-state index in [4.69, 9.17) is 5.73 Å². The van der Waals surface area contributed by atoms with Gasteiger partial charge in [-0.1, -0.05) is 30.3 Å². The molecule has 1 aromatic carbocycles. The number of benzene rings is 1. The third-order valence-corrected chi connectivity index (χ3v) is 3.54. The molecule has 0 spiro atoms. The second-order valence-electron chi connectivity index (χ2n) is 5.46. The maximum atomic E-state index is 11.9. The van der Waals surface area contributed by atoms with Crippen LogP contribution < -0.4 is 11.1 Å². The predicted molar refractivity (Wildman–Crippen MR) is 96.5 cm³/mol. The van der Waals surface area contributed by atoms with Crippen LogP contribution >= 0.6 is 36.2 Å². The molecule has 0 aliphatic carbocycles. The number of hydrogen-bond acceptors (Lipinski definition) is 4. The summed E-state index contributed by atoms with van der Waals surface area (Å²) in [6.45, 7) is 4.17. The van der Waals surface area contributed by atoms with Gasteiger partial charge in [0.1, 0.15) is 5.69 Å². The molecule has 7 heteroatoms. The number of aromatic nitrogens is 1. The number of carbonyl (C=O) groups is 1. The van der Waals surface area contributed by atoms with Crippen LogP contribution in [-0.4, -0.2) is 23.0 Å². The molecule has 0 aliphatic heterocycles. The van der Waals surface area contributed by atoms with Crippen LogP contribution in [0, 0.1) is 0 Å². The molecule has 0 fully saturated rings. The Morgan fingerprint density at radius 2 is 1.91 bits per heavy atom. The van der Waals surface area contributed by atoms with Gasteiger partial charge in [0.15, 0.2) is 0 Å². The molecule has 2 rings (SSSR count). The average molecular weight is 362 g/mol. The zero-order valence-corrected chi connectivity index (χ0v) is 15.0. The van der Waals surface area contributed by atoms with Crippen molar-refractivity contribution < 1.29 is 4.79 Å². The fourth-order valence-corrected chi connectivity index (χ4v) is 2.47. The van der Waals surface area contributed by atoms with Crippen LogP contribution in [0.15, 0.2) is 35.7 Å². The smallest absolute Gasteiger partial charge is 0.270 e. The first-order valence-corrected chi connectivity index (χ1v) is 7.37. The second kappa shape index (κ2) is 9.10. The molecule has 122 valence electrons. The second-order valence-corrected chi connectivity index (χ2v) is 6.40. The van der Waals surface area contributed by atoms with E-state index in [0.717, 1.165) is 11.4 Å². The van der Waals surface area contributed by atoms with Gasteiger partial charge < -0.3 is 11.1 Å². The number of carbonyl (C=O) groups excluding carboxylic acids is 1. The summed E-state index contributed by atoms with van der Waals surface area (Å²) in [6.07, 6.45) is 0.751. The first-order chi connectivity index (χ1) is 9.44. The summed E-state index contributed by atoms with van der Waals surface area (Å²) in [6, 6.07) is 10.1. The van der Waals surface area contributed by atoms with Gasteiger partial charge in [0.25, 0.3) is 5.91 Å². The highest BCUT2D eigenvalue weighted by Gasteiger charge is 2.15. The van der Waals surface area contributed by atoms with Crippen molar-refractivity contribution in [3.05, 3.63) is 52.0 Å². The van der Waals surface area contributed by atoms with Gasteiger partial charge in [-0.15, -0.1) is 36.2 Å². The topological polar surface area (TPSA) is 68.0 Å². The summed E-state index contributed by atoms with van der Waals surface area (Å²) in [5, 5.41) is 5.52. The molecule has 0 radical (unpaired) electrons. The Hall–Kier alpha value is -1.14. The zero-order chi connectivity index (χ0) is 14.6. The summed E-state index contributed by atoms with van der Waals surface area (Å²) in [5.74, 6) is -0.168. The van der Waals surface area contributed by atoms with Crippen molar-refractivity contribution in [2.45, 2.75) is 25.8 Å².